The lowest BCUT2D eigenvalue weighted by molar-refractivity contribution is 0.812. The quantitative estimate of drug-likeness (QED) is 0.785. The predicted molar refractivity (Wildman–Crippen MR) is 55.9 cm³/mol. The van der Waals surface area contributed by atoms with E-state index < -0.39 is 0 Å². The average Bonchev–Trinajstić information content (AvgIpc) is 2.67. The van der Waals surface area contributed by atoms with Crippen molar-refractivity contribution < 1.29 is 0 Å². The fourth-order valence-electron chi connectivity index (χ4n) is 1.50. The van der Waals surface area contributed by atoms with E-state index in [1.54, 1.807) is 12.4 Å². The molecule has 2 aromatic rings. The zero-order valence-corrected chi connectivity index (χ0v) is 8.36. The molecule has 0 aliphatic carbocycles. The second-order valence-electron chi connectivity index (χ2n) is 3.57. The fourth-order valence-corrected chi connectivity index (χ4v) is 1.50. The topological polar surface area (TPSA) is 41.6 Å². The number of pyridine rings is 1. The van der Waals surface area contributed by atoms with Crippen LogP contribution in [0.15, 0.2) is 30.7 Å². The standard InChI is InChI=1S/C11H13N3/c1-8(2)11-10(7-13-14-11)9-3-5-12-6-4-9/h3-8H,1-2H3,(H,13,14). The number of hydrogen-bond donors (Lipinski definition) is 1. The van der Waals surface area contributed by atoms with Crippen molar-refractivity contribution in [2.24, 2.45) is 0 Å². The Balaban J connectivity index is 2.47. The van der Waals surface area contributed by atoms with Gasteiger partial charge >= 0.3 is 0 Å². The van der Waals surface area contributed by atoms with Crippen LogP contribution in [-0.4, -0.2) is 15.2 Å². The molecule has 0 fully saturated rings. The predicted octanol–water partition coefficient (Wildman–Crippen LogP) is 2.60. The largest absolute Gasteiger partial charge is 0.285 e. The molecule has 1 N–H and O–H groups in total. The van der Waals surface area contributed by atoms with Crippen molar-refractivity contribution in [1.82, 2.24) is 15.2 Å². The Morgan fingerprint density at radius 3 is 2.57 bits per heavy atom. The Morgan fingerprint density at radius 2 is 1.93 bits per heavy atom. The fraction of sp³-hybridized carbons (Fsp3) is 0.273. The summed E-state index contributed by atoms with van der Waals surface area (Å²) in [6.45, 7) is 4.28. The molecule has 0 unspecified atom stereocenters. The molecule has 0 aliphatic rings. The number of aromatic amines is 1. The summed E-state index contributed by atoms with van der Waals surface area (Å²) in [4.78, 5) is 4.00. The molecule has 2 heterocycles. The Bertz CT molecular complexity index is 403. The van der Waals surface area contributed by atoms with Crippen molar-refractivity contribution in [2.75, 3.05) is 0 Å². The van der Waals surface area contributed by atoms with Gasteiger partial charge in [-0.15, -0.1) is 0 Å². The first-order valence-electron chi connectivity index (χ1n) is 4.73. The normalized spacial score (nSPS) is 10.8. The minimum atomic E-state index is 0.435. The van der Waals surface area contributed by atoms with Crippen LogP contribution in [0.25, 0.3) is 11.1 Å². The van der Waals surface area contributed by atoms with Gasteiger partial charge in [-0.1, -0.05) is 13.8 Å². The molecule has 0 aromatic carbocycles. The number of nitrogens with zero attached hydrogens (tertiary/aromatic N) is 2. The molecule has 0 saturated heterocycles. The molecule has 72 valence electrons. The number of nitrogens with one attached hydrogen (secondary N) is 1. The summed E-state index contributed by atoms with van der Waals surface area (Å²) in [6.07, 6.45) is 5.53. The Morgan fingerprint density at radius 1 is 1.21 bits per heavy atom. The van der Waals surface area contributed by atoms with E-state index in [2.05, 4.69) is 29.0 Å². The van der Waals surface area contributed by atoms with Gasteiger partial charge in [-0.05, 0) is 23.6 Å². The summed E-state index contributed by atoms with van der Waals surface area (Å²) in [5.74, 6) is 0.435. The summed E-state index contributed by atoms with van der Waals surface area (Å²) in [5.41, 5.74) is 3.44. The molecule has 3 nitrogen and oxygen atoms in total. The molecule has 0 spiro atoms. The van der Waals surface area contributed by atoms with Crippen molar-refractivity contribution in [3.63, 3.8) is 0 Å². The van der Waals surface area contributed by atoms with Crippen LogP contribution in [0.3, 0.4) is 0 Å². The van der Waals surface area contributed by atoms with Crippen molar-refractivity contribution >= 4 is 0 Å². The van der Waals surface area contributed by atoms with Gasteiger partial charge in [0.25, 0.3) is 0 Å². The van der Waals surface area contributed by atoms with Crippen molar-refractivity contribution in [2.45, 2.75) is 19.8 Å². The third-order valence-corrected chi connectivity index (χ3v) is 2.21. The van der Waals surface area contributed by atoms with E-state index in [9.17, 15) is 0 Å². The Kier molecular flexibility index (Phi) is 2.31. The molecule has 0 amide bonds. The SMILES string of the molecule is CC(C)c1n[nH]cc1-c1ccncc1. The zero-order chi connectivity index (χ0) is 9.97. The van der Waals surface area contributed by atoms with Crippen LogP contribution >= 0.6 is 0 Å². The smallest absolute Gasteiger partial charge is 0.0725 e. The van der Waals surface area contributed by atoms with Crippen molar-refractivity contribution in [3.8, 4) is 11.1 Å². The van der Waals surface area contributed by atoms with E-state index in [0.717, 1.165) is 11.3 Å². The lowest BCUT2D eigenvalue weighted by atomic mass is 10.0. The van der Waals surface area contributed by atoms with Crippen LogP contribution < -0.4 is 0 Å². The van der Waals surface area contributed by atoms with E-state index in [4.69, 9.17) is 0 Å². The van der Waals surface area contributed by atoms with E-state index in [1.165, 1.54) is 5.56 Å². The second-order valence-corrected chi connectivity index (χ2v) is 3.57. The molecule has 2 rings (SSSR count). The summed E-state index contributed by atoms with van der Waals surface area (Å²) < 4.78 is 0. The number of hydrogen-bond acceptors (Lipinski definition) is 2. The minimum Gasteiger partial charge on any atom is -0.285 e. The lowest BCUT2D eigenvalue weighted by Gasteiger charge is -2.04. The molecule has 0 atom stereocenters. The molecule has 0 aliphatic heterocycles. The number of H-pyrrole nitrogens is 1. The summed E-state index contributed by atoms with van der Waals surface area (Å²) in [7, 11) is 0. The minimum absolute atomic E-state index is 0.435. The van der Waals surface area contributed by atoms with Gasteiger partial charge in [0.2, 0.25) is 0 Å². The van der Waals surface area contributed by atoms with Crippen molar-refractivity contribution in [1.29, 1.82) is 0 Å². The molecular weight excluding hydrogens is 174 g/mol. The van der Waals surface area contributed by atoms with E-state index in [-0.39, 0.29) is 0 Å². The van der Waals surface area contributed by atoms with Gasteiger partial charge in [-0.3, -0.25) is 10.1 Å². The first kappa shape index (κ1) is 8.94. The van der Waals surface area contributed by atoms with E-state index in [1.807, 2.05) is 18.3 Å². The van der Waals surface area contributed by atoms with Crippen LogP contribution in [-0.2, 0) is 0 Å². The molecule has 3 heteroatoms. The van der Waals surface area contributed by atoms with Gasteiger partial charge in [-0.25, -0.2) is 0 Å². The van der Waals surface area contributed by atoms with Crippen LogP contribution in [0.4, 0.5) is 0 Å². The second kappa shape index (κ2) is 3.62. The van der Waals surface area contributed by atoms with E-state index >= 15 is 0 Å². The molecular formula is C11H13N3. The molecule has 0 bridgehead atoms. The maximum absolute atomic E-state index is 4.25. The van der Waals surface area contributed by atoms with Gasteiger partial charge in [-0.2, -0.15) is 5.10 Å². The highest BCUT2D eigenvalue weighted by Crippen LogP contribution is 2.26. The van der Waals surface area contributed by atoms with Gasteiger partial charge in [0, 0.05) is 24.2 Å². The molecule has 2 aromatic heterocycles. The Hall–Kier alpha value is -1.64. The highest BCUT2D eigenvalue weighted by molar-refractivity contribution is 5.64. The summed E-state index contributed by atoms with van der Waals surface area (Å²) in [6, 6.07) is 3.99. The average molecular weight is 187 g/mol. The van der Waals surface area contributed by atoms with Gasteiger partial charge in [0.05, 0.1) is 5.69 Å². The highest BCUT2D eigenvalue weighted by atomic mass is 15.1. The van der Waals surface area contributed by atoms with Crippen LogP contribution in [0.1, 0.15) is 25.5 Å². The maximum atomic E-state index is 4.25. The number of aromatic nitrogens is 3. The maximum Gasteiger partial charge on any atom is 0.0725 e. The lowest BCUT2D eigenvalue weighted by Crippen LogP contribution is -1.90. The first-order valence-corrected chi connectivity index (χ1v) is 4.73. The molecule has 14 heavy (non-hydrogen) atoms. The van der Waals surface area contributed by atoms with Gasteiger partial charge < -0.3 is 0 Å². The van der Waals surface area contributed by atoms with Gasteiger partial charge in [0.15, 0.2) is 0 Å². The molecule has 0 radical (unpaired) electrons. The third kappa shape index (κ3) is 1.53. The highest BCUT2D eigenvalue weighted by Gasteiger charge is 2.10. The van der Waals surface area contributed by atoms with Crippen LogP contribution in [0.2, 0.25) is 0 Å². The Labute approximate surface area is 83.2 Å². The van der Waals surface area contributed by atoms with E-state index in [0.29, 0.717) is 5.92 Å². The third-order valence-electron chi connectivity index (χ3n) is 2.21. The van der Waals surface area contributed by atoms with Gasteiger partial charge in [0.1, 0.15) is 0 Å². The van der Waals surface area contributed by atoms with Crippen LogP contribution in [0.5, 0.6) is 0 Å². The number of rotatable bonds is 2. The van der Waals surface area contributed by atoms with Crippen molar-refractivity contribution in [3.05, 3.63) is 36.4 Å². The molecule has 0 saturated carbocycles. The first-order chi connectivity index (χ1) is 6.79. The monoisotopic (exact) mass is 187 g/mol. The van der Waals surface area contributed by atoms with Crippen LogP contribution in [0, 0.1) is 0 Å². The zero-order valence-electron chi connectivity index (χ0n) is 8.36. The summed E-state index contributed by atoms with van der Waals surface area (Å²) >= 11 is 0. The summed E-state index contributed by atoms with van der Waals surface area (Å²) in [5, 5.41) is 7.15.